The fourth-order valence-corrected chi connectivity index (χ4v) is 2.58. The van der Waals surface area contributed by atoms with Gasteiger partial charge in [0, 0.05) is 5.56 Å². The highest BCUT2D eigenvalue weighted by Crippen LogP contribution is 2.25. The van der Waals surface area contributed by atoms with Gasteiger partial charge in [-0.3, -0.25) is 14.9 Å². The second-order valence-electron chi connectivity index (χ2n) is 5.74. The van der Waals surface area contributed by atoms with Crippen molar-refractivity contribution in [1.82, 2.24) is 15.2 Å². The maximum absolute atomic E-state index is 12.3. The van der Waals surface area contributed by atoms with Gasteiger partial charge in [-0.1, -0.05) is 42.5 Å². The summed E-state index contributed by atoms with van der Waals surface area (Å²) in [4.78, 5) is 22.6. The topological polar surface area (TPSA) is 112 Å². The van der Waals surface area contributed by atoms with Gasteiger partial charge in [0.2, 0.25) is 0 Å². The Kier molecular flexibility index (Phi) is 5.11. The lowest BCUT2D eigenvalue weighted by Crippen LogP contribution is -2.27. The van der Waals surface area contributed by atoms with Crippen LogP contribution >= 0.6 is 0 Å². The van der Waals surface area contributed by atoms with Crippen LogP contribution in [0.15, 0.2) is 53.8 Å². The van der Waals surface area contributed by atoms with E-state index >= 15 is 0 Å². The predicted octanol–water partition coefficient (Wildman–Crippen LogP) is 2.66. The van der Waals surface area contributed by atoms with Gasteiger partial charge in [0.25, 0.3) is 5.91 Å². The fourth-order valence-electron chi connectivity index (χ4n) is 2.58. The molecule has 0 bridgehead atoms. The van der Waals surface area contributed by atoms with Crippen molar-refractivity contribution in [3.05, 3.63) is 64.3 Å². The summed E-state index contributed by atoms with van der Waals surface area (Å²) in [6.45, 7) is 1.55. The summed E-state index contributed by atoms with van der Waals surface area (Å²) in [6.07, 6.45) is 2.70. The molecular weight excluding hydrogens is 350 g/mol. The molecule has 0 aliphatic carbocycles. The molecule has 9 heteroatoms. The number of fused-ring (bicyclic) bond motifs is 1. The highest BCUT2D eigenvalue weighted by atomic mass is 16.6. The molecule has 0 aliphatic heterocycles. The first kappa shape index (κ1) is 18.1. The van der Waals surface area contributed by atoms with Gasteiger partial charge in [0.05, 0.1) is 18.2 Å². The van der Waals surface area contributed by atoms with E-state index in [-0.39, 0.29) is 11.6 Å². The summed E-state index contributed by atoms with van der Waals surface area (Å²) < 4.78 is 6.03. The van der Waals surface area contributed by atoms with E-state index in [1.807, 2.05) is 42.5 Å². The van der Waals surface area contributed by atoms with Crippen LogP contribution in [0, 0.1) is 10.1 Å². The second kappa shape index (κ2) is 7.65. The lowest BCUT2D eigenvalue weighted by Gasteiger charge is -2.09. The number of nitro groups is 1. The van der Waals surface area contributed by atoms with Crippen molar-refractivity contribution in [2.45, 2.75) is 13.0 Å². The van der Waals surface area contributed by atoms with Gasteiger partial charge in [0.1, 0.15) is 12.2 Å². The number of carbonyl (C=O) groups excluding carboxylic acids is 1. The van der Waals surface area contributed by atoms with Crippen molar-refractivity contribution in [3.63, 3.8) is 0 Å². The number of rotatable bonds is 6. The van der Waals surface area contributed by atoms with Crippen LogP contribution < -0.4 is 10.2 Å². The average molecular weight is 367 g/mol. The molecule has 0 spiro atoms. The molecule has 1 aromatic heterocycles. The van der Waals surface area contributed by atoms with Crippen LogP contribution in [0.25, 0.3) is 10.8 Å². The summed E-state index contributed by atoms with van der Waals surface area (Å²) in [5.41, 5.74) is 2.98. The summed E-state index contributed by atoms with van der Waals surface area (Å²) in [5, 5.41) is 21.0. The van der Waals surface area contributed by atoms with Gasteiger partial charge >= 0.3 is 11.6 Å². The van der Waals surface area contributed by atoms with Crippen molar-refractivity contribution < 1.29 is 14.5 Å². The number of carbonyl (C=O) groups is 1. The molecule has 3 aromatic rings. The first-order valence-corrected chi connectivity index (χ1v) is 8.09. The zero-order valence-corrected chi connectivity index (χ0v) is 14.7. The Morgan fingerprint density at radius 1 is 1.33 bits per heavy atom. The van der Waals surface area contributed by atoms with Crippen LogP contribution in [0.2, 0.25) is 0 Å². The van der Waals surface area contributed by atoms with Gasteiger partial charge in [-0.2, -0.15) is 5.10 Å². The van der Waals surface area contributed by atoms with Crippen LogP contribution in [-0.2, 0) is 4.79 Å². The molecule has 9 nitrogen and oxygen atoms in total. The van der Waals surface area contributed by atoms with E-state index in [9.17, 15) is 14.9 Å². The summed E-state index contributed by atoms with van der Waals surface area (Å²) in [5.74, 6) is -0.620. The monoisotopic (exact) mass is 367 g/mol. The maximum atomic E-state index is 12.3. The molecule has 1 amide bonds. The summed E-state index contributed by atoms with van der Waals surface area (Å²) in [6, 6.07) is 12.8. The Bertz CT molecular complexity index is 1020. The first-order chi connectivity index (χ1) is 13.0. The Balaban J connectivity index is 1.73. The smallest absolute Gasteiger partial charge is 0.350 e. The van der Waals surface area contributed by atoms with E-state index < -0.39 is 16.9 Å². The molecule has 1 atom stereocenters. The number of hydrogen-bond donors (Lipinski definition) is 1. The van der Waals surface area contributed by atoms with Crippen molar-refractivity contribution in [2.75, 3.05) is 7.11 Å². The molecule has 0 radical (unpaired) electrons. The zero-order chi connectivity index (χ0) is 19.4. The van der Waals surface area contributed by atoms with E-state index in [0.717, 1.165) is 22.5 Å². The quantitative estimate of drug-likeness (QED) is 0.409. The Morgan fingerprint density at radius 3 is 2.78 bits per heavy atom. The molecule has 0 aliphatic rings. The molecule has 27 heavy (non-hydrogen) atoms. The van der Waals surface area contributed by atoms with E-state index in [1.54, 1.807) is 13.1 Å². The maximum Gasteiger partial charge on any atom is 0.350 e. The number of nitrogens with one attached hydrogen (secondary N) is 1. The van der Waals surface area contributed by atoms with Crippen LogP contribution in [0.5, 0.6) is 5.88 Å². The summed E-state index contributed by atoms with van der Waals surface area (Å²) in [7, 11) is 1.28. The molecule has 0 fully saturated rings. The molecular formula is C18H17N5O4. The molecule has 1 heterocycles. The van der Waals surface area contributed by atoms with E-state index in [4.69, 9.17) is 4.74 Å². The third kappa shape index (κ3) is 3.76. The Hall–Kier alpha value is -3.75. The van der Waals surface area contributed by atoms with Crippen molar-refractivity contribution >= 4 is 28.6 Å². The van der Waals surface area contributed by atoms with Crippen LogP contribution in [0.4, 0.5) is 5.69 Å². The highest BCUT2D eigenvalue weighted by Gasteiger charge is 2.25. The number of aromatic nitrogens is 2. The fraction of sp³-hybridized carbons (Fsp3) is 0.167. The number of benzene rings is 2. The second-order valence-corrected chi connectivity index (χ2v) is 5.74. The van der Waals surface area contributed by atoms with Gasteiger partial charge in [-0.15, -0.1) is 5.10 Å². The number of methoxy groups -OCH3 is 1. The van der Waals surface area contributed by atoms with Crippen LogP contribution in [0.1, 0.15) is 18.5 Å². The third-order valence-electron chi connectivity index (χ3n) is 4.05. The van der Waals surface area contributed by atoms with Gasteiger partial charge < -0.3 is 4.74 Å². The van der Waals surface area contributed by atoms with E-state index in [2.05, 4.69) is 15.6 Å². The van der Waals surface area contributed by atoms with Crippen molar-refractivity contribution in [2.24, 2.45) is 5.10 Å². The highest BCUT2D eigenvalue weighted by molar-refractivity contribution is 6.00. The van der Waals surface area contributed by atoms with E-state index in [0.29, 0.717) is 0 Å². The number of amides is 1. The minimum absolute atomic E-state index is 0.154. The number of hydrazone groups is 1. The first-order valence-electron chi connectivity index (χ1n) is 8.09. The predicted molar refractivity (Wildman–Crippen MR) is 99.8 cm³/mol. The molecule has 1 unspecified atom stereocenters. The van der Waals surface area contributed by atoms with Gasteiger partial charge in [0.15, 0.2) is 0 Å². The molecule has 0 saturated carbocycles. The molecule has 3 rings (SSSR count). The van der Waals surface area contributed by atoms with Crippen molar-refractivity contribution in [3.8, 4) is 5.88 Å². The summed E-state index contributed by atoms with van der Waals surface area (Å²) >= 11 is 0. The number of hydrogen-bond acceptors (Lipinski definition) is 6. The zero-order valence-electron chi connectivity index (χ0n) is 14.7. The van der Waals surface area contributed by atoms with Crippen LogP contribution in [0.3, 0.4) is 0 Å². The third-order valence-corrected chi connectivity index (χ3v) is 4.05. The number of ether oxygens (including phenoxy) is 1. The Labute approximate surface area is 154 Å². The van der Waals surface area contributed by atoms with Crippen LogP contribution in [-0.4, -0.2) is 33.9 Å². The van der Waals surface area contributed by atoms with Gasteiger partial charge in [-0.05, 0) is 17.7 Å². The standard InChI is InChI=1S/C18H17N5O4/c1-12(22-11-16(23(25)26)18(21-22)27-2)17(24)20-19-10-14-8-5-7-13-6-3-4-9-15(13)14/h3-12H,1-2H3,(H,20,24). The normalized spacial score (nSPS) is 12.2. The lowest BCUT2D eigenvalue weighted by atomic mass is 10.1. The minimum Gasteiger partial charge on any atom is -0.475 e. The minimum atomic E-state index is -0.808. The SMILES string of the molecule is COc1nn(C(C)C(=O)NN=Cc2cccc3ccccc23)cc1[N+](=O)[O-]. The van der Waals surface area contributed by atoms with Gasteiger partial charge in [-0.25, -0.2) is 10.1 Å². The molecule has 138 valence electrons. The Morgan fingerprint density at radius 2 is 2.07 bits per heavy atom. The van der Waals surface area contributed by atoms with Crippen molar-refractivity contribution in [1.29, 1.82) is 0 Å². The number of nitrogens with zero attached hydrogens (tertiary/aromatic N) is 4. The molecule has 1 N–H and O–H groups in total. The molecule has 0 saturated heterocycles. The lowest BCUT2D eigenvalue weighted by molar-refractivity contribution is -0.385. The average Bonchev–Trinajstić information content (AvgIpc) is 3.12. The van der Waals surface area contributed by atoms with E-state index in [1.165, 1.54) is 11.8 Å². The largest absolute Gasteiger partial charge is 0.475 e. The molecule has 2 aromatic carbocycles.